The lowest BCUT2D eigenvalue weighted by Crippen LogP contribution is -2.47. The number of amides is 2. The summed E-state index contributed by atoms with van der Waals surface area (Å²) in [5, 5.41) is 2.88. The van der Waals surface area contributed by atoms with Crippen LogP contribution in [0.15, 0.2) is 24.3 Å². The molecule has 1 atom stereocenters. The first kappa shape index (κ1) is 19.1. The van der Waals surface area contributed by atoms with Crippen molar-refractivity contribution in [2.24, 2.45) is 0 Å². The summed E-state index contributed by atoms with van der Waals surface area (Å²) in [6.07, 6.45) is 3.43. The van der Waals surface area contributed by atoms with E-state index in [1.807, 2.05) is 0 Å². The SMILES string of the molecule is CCCCCNC(=O)C(C)N(Cc1ccc(F)cc1)C(=O)CC. The molecule has 1 unspecified atom stereocenters. The van der Waals surface area contributed by atoms with Crippen molar-refractivity contribution in [1.29, 1.82) is 0 Å². The zero-order valence-corrected chi connectivity index (χ0v) is 14.3. The molecule has 0 aromatic heterocycles. The smallest absolute Gasteiger partial charge is 0.242 e. The number of benzene rings is 1. The van der Waals surface area contributed by atoms with Gasteiger partial charge < -0.3 is 10.2 Å². The van der Waals surface area contributed by atoms with Crippen molar-refractivity contribution in [2.75, 3.05) is 6.54 Å². The predicted molar refractivity (Wildman–Crippen MR) is 89.2 cm³/mol. The Balaban J connectivity index is 2.70. The van der Waals surface area contributed by atoms with Crippen molar-refractivity contribution in [3.05, 3.63) is 35.6 Å². The normalized spacial score (nSPS) is 11.8. The Morgan fingerprint density at radius 2 is 1.83 bits per heavy atom. The summed E-state index contributed by atoms with van der Waals surface area (Å²) >= 11 is 0. The number of unbranched alkanes of at least 4 members (excludes halogenated alkanes) is 2. The molecular weight excluding hydrogens is 295 g/mol. The molecule has 0 aliphatic heterocycles. The third-order valence-electron chi connectivity index (χ3n) is 3.82. The summed E-state index contributed by atoms with van der Waals surface area (Å²) in [5.74, 6) is -0.556. The topological polar surface area (TPSA) is 49.4 Å². The van der Waals surface area contributed by atoms with Gasteiger partial charge in [-0.15, -0.1) is 0 Å². The minimum absolute atomic E-state index is 0.0921. The Bertz CT molecular complexity index is 502. The lowest BCUT2D eigenvalue weighted by atomic mass is 10.1. The molecule has 0 radical (unpaired) electrons. The molecule has 0 heterocycles. The monoisotopic (exact) mass is 322 g/mol. The van der Waals surface area contributed by atoms with Crippen LogP contribution in [0.25, 0.3) is 0 Å². The van der Waals surface area contributed by atoms with Gasteiger partial charge in [-0.05, 0) is 31.0 Å². The summed E-state index contributed by atoms with van der Waals surface area (Å²) in [5.41, 5.74) is 0.804. The minimum Gasteiger partial charge on any atom is -0.354 e. The van der Waals surface area contributed by atoms with E-state index < -0.39 is 6.04 Å². The average molecular weight is 322 g/mol. The predicted octanol–water partition coefficient (Wildman–Crippen LogP) is 3.26. The quantitative estimate of drug-likeness (QED) is 0.710. The molecule has 0 saturated carbocycles. The first-order valence-corrected chi connectivity index (χ1v) is 8.31. The van der Waals surface area contributed by atoms with Crippen molar-refractivity contribution in [2.45, 2.75) is 59.0 Å². The summed E-state index contributed by atoms with van der Waals surface area (Å²) in [7, 11) is 0. The van der Waals surface area contributed by atoms with Crippen LogP contribution < -0.4 is 5.32 Å². The van der Waals surface area contributed by atoms with Gasteiger partial charge in [-0.1, -0.05) is 38.8 Å². The molecule has 0 aliphatic rings. The Labute approximate surface area is 138 Å². The second-order valence-corrected chi connectivity index (χ2v) is 5.68. The maximum Gasteiger partial charge on any atom is 0.242 e. The first-order valence-electron chi connectivity index (χ1n) is 8.31. The Morgan fingerprint density at radius 1 is 1.17 bits per heavy atom. The van der Waals surface area contributed by atoms with Gasteiger partial charge in [-0.3, -0.25) is 9.59 Å². The first-order chi connectivity index (χ1) is 11.0. The van der Waals surface area contributed by atoms with E-state index in [1.54, 1.807) is 30.9 Å². The zero-order chi connectivity index (χ0) is 17.2. The van der Waals surface area contributed by atoms with Gasteiger partial charge in [0.2, 0.25) is 11.8 Å². The van der Waals surface area contributed by atoms with Crippen LogP contribution >= 0.6 is 0 Å². The number of halogens is 1. The van der Waals surface area contributed by atoms with Crippen LogP contribution in [0.4, 0.5) is 4.39 Å². The van der Waals surface area contributed by atoms with E-state index in [0.29, 0.717) is 19.5 Å². The van der Waals surface area contributed by atoms with Crippen LogP contribution in [0.2, 0.25) is 0 Å². The highest BCUT2D eigenvalue weighted by molar-refractivity contribution is 5.87. The van der Waals surface area contributed by atoms with Crippen LogP contribution in [-0.4, -0.2) is 29.3 Å². The number of carbonyl (C=O) groups excluding carboxylic acids is 2. The van der Waals surface area contributed by atoms with Crippen molar-refractivity contribution in [3.63, 3.8) is 0 Å². The molecule has 0 bridgehead atoms. The maximum absolute atomic E-state index is 13.0. The molecule has 0 saturated heterocycles. The lowest BCUT2D eigenvalue weighted by Gasteiger charge is -2.28. The van der Waals surface area contributed by atoms with Crippen LogP contribution in [0.1, 0.15) is 52.0 Å². The van der Waals surface area contributed by atoms with Gasteiger partial charge in [0.15, 0.2) is 0 Å². The van der Waals surface area contributed by atoms with E-state index in [2.05, 4.69) is 12.2 Å². The molecule has 128 valence electrons. The van der Waals surface area contributed by atoms with E-state index in [1.165, 1.54) is 12.1 Å². The molecule has 5 heteroatoms. The van der Waals surface area contributed by atoms with Crippen molar-refractivity contribution in [1.82, 2.24) is 10.2 Å². The third kappa shape index (κ3) is 6.38. The largest absolute Gasteiger partial charge is 0.354 e. The fourth-order valence-corrected chi connectivity index (χ4v) is 2.31. The van der Waals surface area contributed by atoms with Crippen molar-refractivity contribution >= 4 is 11.8 Å². The molecule has 1 aromatic rings. The van der Waals surface area contributed by atoms with Gasteiger partial charge in [0, 0.05) is 19.5 Å². The molecular formula is C18H27FN2O2. The van der Waals surface area contributed by atoms with E-state index >= 15 is 0 Å². The number of rotatable bonds is 9. The molecule has 1 aromatic carbocycles. The fourth-order valence-electron chi connectivity index (χ4n) is 2.31. The fraction of sp³-hybridized carbons (Fsp3) is 0.556. The van der Waals surface area contributed by atoms with Gasteiger partial charge in [-0.2, -0.15) is 0 Å². The minimum atomic E-state index is -0.547. The van der Waals surface area contributed by atoms with Crippen LogP contribution in [0.3, 0.4) is 0 Å². The molecule has 23 heavy (non-hydrogen) atoms. The van der Waals surface area contributed by atoms with E-state index in [0.717, 1.165) is 24.8 Å². The second-order valence-electron chi connectivity index (χ2n) is 5.68. The maximum atomic E-state index is 13.0. The summed E-state index contributed by atoms with van der Waals surface area (Å²) in [4.78, 5) is 26.0. The average Bonchev–Trinajstić information content (AvgIpc) is 2.56. The van der Waals surface area contributed by atoms with E-state index in [-0.39, 0.29) is 17.6 Å². The van der Waals surface area contributed by atoms with Crippen molar-refractivity contribution in [3.8, 4) is 0 Å². The molecule has 1 N–H and O–H groups in total. The number of hydrogen-bond acceptors (Lipinski definition) is 2. The lowest BCUT2D eigenvalue weighted by molar-refractivity contribution is -0.140. The summed E-state index contributed by atoms with van der Waals surface area (Å²) in [6, 6.07) is 5.45. The molecule has 4 nitrogen and oxygen atoms in total. The highest BCUT2D eigenvalue weighted by Gasteiger charge is 2.24. The second kappa shape index (κ2) is 9.98. The van der Waals surface area contributed by atoms with Gasteiger partial charge in [0.1, 0.15) is 11.9 Å². The van der Waals surface area contributed by atoms with Gasteiger partial charge in [-0.25, -0.2) is 4.39 Å². The molecule has 2 amide bonds. The molecule has 0 fully saturated rings. The molecule has 0 spiro atoms. The van der Waals surface area contributed by atoms with Gasteiger partial charge in [0.05, 0.1) is 0 Å². The van der Waals surface area contributed by atoms with Crippen LogP contribution in [0.5, 0.6) is 0 Å². The number of carbonyl (C=O) groups is 2. The van der Waals surface area contributed by atoms with Crippen LogP contribution in [-0.2, 0) is 16.1 Å². The van der Waals surface area contributed by atoms with E-state index in [4.69, 9.17) is 0 Å². The third-order valence-corrected chi connectivity index (χ3v) is 3.82. The van der Waals surface area contributed by atoms with E-state index in [9.17, 15) is 14.0 Å². The number of hydrogen-bond donors (Lipinski definition) is 1. The van der Waals surface area contributed by atoms with Crippen molar-refractivity contribution < 1.29 is 14.0 Å². The standard InChI is InChI=1S/C18H27FN2O2/c1-4-6-7-12-20-18(23)14(3)21(17(22)5-2)13-15-8-10-16(19)11-9-15/h8-11,14H,4-7,12-13H2,1-3H3,(H,20,23). The van der Waals surface area contributed by atoms with Crippen LogP contribution in [0, 0.1) is 5.82 Å². The Kier molecular flexibility index (Phi) is 8.30. The highest BCUT2D eigenvalue weighted by Crippen LogP contribution is 2.11. The number of nitrogens with zero attached hydrogens (tertiary/aromatic N) is 1. The molecule has 0 aliphatic carbocycles. The summed E-state index contributed by atoms with van der Waals surface area (Å²) in [6.45, 7) is 6.53. The Hall–Kier alpha value is -1.91. The molecule has 1 rings (SSSR count). The number of nitrogens with one attached hydrogen (secondary N) is 1. The van der Waals surface area contributed by atoms with Gasteiger partial charge in [0.25, 0.3) is 0 Å². The summed E-state index contributed by atoms with van der Waals surface area (Å²) < 4.78 is 13.0. The zero-order valence-electron chi connectivity index (χ0n) is 14.3. The van der Waals surface area contributed by atoms with Gasteiger partial charge >= 0.3 is 0 Å². The highest BCUT2D eigenvalue weighted by atomic mass is 19.1. The Morgan fingerprint density at radius 3 is 2.39 bits per heavy atom.